The van der Waals surface area contributed by atoms with Crippen LogP contribution in [-0.4, -0.2) is 11.1 Å². The minimum atomic E-state index is -0.427. The maximum atomic E-state index is 14.2. The molecule has 1 aromatic carbocycles. The predicted octanol–water partition coefficient (Wildman–Crippen LogP) is 4.18. The highest BCUT2D eigenvalue weighted by atomic mass is 79.9. The van der Waals surface area contributed by atoms with Gasteiger partial charge in [-0.2, -0.15) is 0 Å². The first-order chi connectivity index (χ1) is 8.99. The van der Waals surface area contributed by atoms with Crippen LogP contribution in [-0.2, 0) is 0 Å². The van der Waals surface area contributed by atoms with Gasteiger partial charge in [0.2, 0.25) is 0 Å². The fourth-order valence-corrected chi connectivity index (χ4v) is 3.18. The van der Waals surface area contributed by atoms with Crippen LogP contribution in [0.25, 0.3) is 0 Å². The van der Waals surface area contributed by atoms with Crippen molar-refractivity contribution >= 4 is 33.1 Å². The predicted molar refractivity (Wildman–Crippen MR) is 82.0 cm³/mol. The van der Waals surface area contributed by atoms with Gasteiger partial charge < -0.3 is 10.5 Å². The maximum absolute atomic E-state index is 14.2. The summed E-state index contributed by atoms with van der Waals surface area (Å²) >= 11 is 8.05. The molecule has 0 bridgehead atoms. The fraction of sp³-hybridized carbons (Fsp3) is 0.500. The zero-order valence-corrected chi connectivity index (χ0v) is 13.2. The molecule has 104 valence electrons. The van der Waals surface area contributed by atoms with E-state index < -0.39 is 5.82 Å². The quantitative estimate of drug-likeness (QED) is 0.834. The SMILES string of the molecule is CC1CCC(Oc2ccc(C(N)=S)c(Br)c2F)CC1. The van der Waals surface area contributed by atoms with Gasteiger partial charge in [0, 0.05) is 5.56 Å². The van der Waals surface area contributed by atoms with Crippen LogP contribution in [0.2, 0.25) is 0 Å². The van der Waals surface area contributed by atoms with Gasteiger partial charge in [0.25, 0.3) is 0 Å². The van der Waals surface area contributed by atoms with Gasteiger partial charge in [0.15, 0.2) is 11.6 Å². The summed E-state index contributed by atoms with van der Waals surface area (Å²) in [7, 11) is 0. The summed E-state index contributed by atoms with van der Waals surface area (Å²) in [5.41, 5.74) is 6.02. The molecule has 0 radical (unpaired) electrons. The molecule has 0 saturated heterocycles. The van der Waals surface area contributed by atoms with Crippen molar-refractivity contribution in [2.75, 3.05) is 0 Å². The Morgan fingerprint density at radius 3 is 2.58 bits per heavy atom. The lowest BCUT2D eigenvalue weighted by Gasteiger charge is -2.27. The molecule has 1 saturated carbocycles. The van der Waals surface area contributed by atoms with Gasteiger partial charge in [0.1, 0.15) is 4.99 Å². The lowest BCUT2D eigenvalue weighted by Crippen LogP contribution is -2.23. The average molecular weight is 346 g/mol. The molecule has 0 aromatic heterocycles. The third-order valence-corrected chi connectivity index (χ3v) is 4.56. The van der Waals surface area contributed by atoms with Crippen molar-refractivity contribution in [3.05, 3.63) is 28.0 Å². The molecule has 0 amide bonds. The molecule has 1 aromatic rings. The third-order valence-electron chi connectivity index (χ3n) is 3.57. The highest BCUT2D eigenvalue weighted by Gasteiger charge is 2.22. The summed E-state index contributed by atoms with van der Waals surface area (Å²) < 4.78 is 20.2. The molecule has 19 heavy (non-hydrogen) atoms. The first kappa shape index (κ1) is 14.7. The molecule has 0 heterocycles. The van der Waals surface area contributed by atoms with Crippen LogP contribution >= 0.6 is 28.1 Å². The van der Waals surface area contributed by atoms with E-state index in [1.807, 2.05) is 0 Å². The zero-order valence-electron chi connectivity index (χ0n) is 10.8. The van der Waals surface area contributed by atoms with E-state index in [2.05, 4.69) is 22.9 Å². The summed E-state index contributed by atoms with van der Waals surface area (Å²) in [6.45, 7) is 2.24. The summed E-state index contributed by atoms with van der Waals surface area (Å²) in [6.07, 6.45) is 4.34. The standard InChI is InChI=1S/C14H17BrFNOS/c1-8-2-4-9(5-3-8)18-11-7-6-10(14(17)19)12(15)13(11)16/h6-9H,2-5H2,1H3,(H2,17,19). The average Bonchev–Trinajstić information content (AvgIpc) is 2.37. The van der Waals surface area contributed by atoms with E-state index in [-0.39, 0.29) is 21.3 Å². The first-order valence-corrected chi connectivity index (χ1v) is 7.63. The summed E-state index contributed by atoms with van der Waals surface area (Å²) in [5, 5.41) is 0. The lowest BCUT2D eigenvalue weighted by atomic mass is 9.89. The van der Waals surface area contributed by atoms with E-state index in [9.17, 15) is 4.39 Å². The van der Waals surface area contributed by atoms with Crippen molar-refractivity contribution in [1.82, 2.24) is 0 Å². The Kier molecular flexibility index (Phi) is 4.79. The Morgan fingerprint density at radius 1 is 1.37 bits per heavy atom. The monoisotopic (exact) mass is 345 g/mol. The maximum Gasteiger partial charge on any atom is 0.179 e. The minimum absolute atomic E-state index is 0.105. The van der Waals surface area contributed by atoms with Crippen LogP contribution in [0.1, 0.15) is 38.2 Å². The molecule has 0 atom stereocenters. The first-order valence-electron chi connectivity index (χ1n) is 6.43. The van der Waals surface area contributed by atoms with E-state index in [4.69, 9.17) is 22.7 Å². The van der Waals surface area contributed by atoms with Crippen molar-refractivity contribution < 1.29 is 9.13 Å². The third kappa shape index (κ3) is 3.45. The van der Waals surface area contributed by atoms with Crippen molar-refractivity contribution in [2.24, 2.45) is 11.7 Å². The Morgan fingerprint density at radius 2 is 2.00 bits per heavy atom. The van der Waals surface area contributed by atoms with Crippen LogP contribution in [0, 0.1) is 11.7 Å². The van der Waals surface area contributed by atoms with Crippen LogP contribution in [0.5, 0.6) is 5.75 Å². The Labute approximate surface area is 126 Å². The van der Waals surface area contributed by atoms with Gasteiger partial charge in [-0.1, -0.05) is 19.1 Å². The van der Waals surface area contributed by atoms with Gasteiger partial charge in [-0.05, 0) is 59.7 Å². The number of hydrogen-bond acceptors (Lipinski definition) is 2. The van der Waals surface area contributed by atoms with E-state index >= 15 is 0 Å². The molecule has 0 spiro atoms. The van der Waals surface area contributed by atoms with Gasteiger partial charge in [-0.15, -0.1) is 0 Å². The van der Waals surface area contributed by atoms with Crippen molar-refractivity contribution in [3.63, 3.8) is 0 Å². The van der Waals surface area contributed by atoms with Crippen LogP contribution < -0.4 is 10.5 Å². The normalized spacial score (nSPS) is 23.1. The molecule has 1 fully saturated rings. The van der Waals surface area contributed by atoms with Crippen LogP contribution in [0.3, 0.4) is 0 Å². The van der Waals surface area contributed by atoms with Gasteiger partial charge >= 0.3 is 0 Å². The van der Waals surface area contributed by atoms with E-state index in [0.717, 1.165) is 31.6 Å². The highest BCUT2D eigenvalue weighted by Crippen LogP contribution is 2.32. The second-order valence-electron chi connectivity index (χ2n) is 5.10. The van der Waals surface area contributed by atoms with E-state index in [1.165, 1.54) is 0 Å². The van der Waals surface area contributed by atoms with Crippen LogP contribution in [0.4, 0.5) is 4.39 Å². The molecular formula is C14H17BrFNOS. The second-order valence-corrected chi connectivity index (χ2v) is 6.34. The van der Waals surface area contributed by atoms with E-state index in [0.29, 0.717) is 5.56 Å². The number of benzene rings is 1. The number of halogens is 2. The number of nitrogens with two attached hydrogens (primary N) is 1. The van der Waals surface area contributed by atoms with Crippen molar-refractivity contribution in [3.8, 4) is 5.75 Å². The number of rotatable bonds is 3. The topological polar surface area (TPSA) is 35.2 Å². The summed E-state index contributed by atoms with van der Waals surface area (Å²) in [6, 6.07) is 3.29. The van der Waals surface area contributed by atoms with Gasteiger partial charge in [0.05, 0.1) is 10.6 Å². The molecule has 1 aliphatic carbocycles. The van der Waals surface area contributed by atoms with Crippen LogP contribution in [0.15, 0.2) is 16.6 Å². The summed E-state index contributed by atoms with van der Waals surface area (Å²) in [5.74, 6) is 0.587. The smallest absolute Gasteiger partial charge is 0.179 e. The summed E-state index contributed by atoms with van der Waals surface area (Å²) in [4.78, 5) is 0.170. The Bertz CT molecular complexity index is 487. The molecule has 2 rings (SSSR count). The van der Waals surface area contributed by atoms with Gasteiger partial charge in [-0.3, -0.25) is 0 Å². The van der Waals surface area contributed by atoms with Crippen molar-refractivity contribution in [1.29, 1.82) is 0 Å². The molecular weight excluding hydrogens is 329 g/mol. The highest BCUT2D eigenvalue weighted by molar-refractivity contribution is 9.10. The number of hydrogen-bond donors (Lipinski definition) is 1. The molecule has 2 nitrogen and oxygen atoms in total. The number of thiocarbonyl (C=S) groups is 1. The minimum Gasteiger partial charge on any atom is -0.487 e. The van der Waals surface area contributed by atoms with Crippen molar-refractivity contribution in [2.45, 2.75) is 38.7 Å². The molecule has 0 unspecified atom stereocenters. The zero-order chi connectivity index (χ0) is 14.0. The number of ether oxygens (including phenoxy) is 1. The Hall–Kier alpha value is -0.680. The largest absolute Gasteiger partial charge is 0.487 e. The molecule has 0 aliphatic heterocycles. The second kappa shape index (κ2) is 6.18. The fourth-order valence-electron chi connectivity index (χ4n) is 2.34. The molecule has 5 heteroatoms. The Balaban J connectivity index is 2.13. The molecule has 1 aliphatic rings. The lowest BCUT2D eigenvalue weighted by molar-refractivity contribution is 0.130. The van der Waals surface area contributed by atoms with Gasteiger partial charge in [-0.25, -0.2) is 4.39 Å². The van der Waals surface area contributed by atoms with E-state index in [1.54, 1.807) is 12.1 Å². The molecule has 2 N–H and O–H groups in total.